The number of rotatable bonds is 4. The number of para-hydroxylation sites is 1. The Kier molecular flexibility index (Phi) is 5.27. The van der Waals surface area contributed by atoms with Gasteiger partial charge in [-0.05, 0) is 30.7 Å². The molecule has 29 heavy (non-hydrogen) atoms. The molecule has 1 aromatic heterocycles. The lowest BCUT2D eigenvalue weighted by molar-refractivity contribution is -0.114. The van der Waals surface area contributed by atoms with Gasteiger partial charge in [-0.3, -0.25) is 19.2 Å². The highest BCUT2D eigenvalue weighted by molar-refractivity contribution is 8.04. The fourth-order valence-electron chi connectivity index (χ4n) is 3.35. The summed E-state index contributed by atoms with van der Waals surface area (Å²) in [6.45, 7) is 1.87. The summed E-state index contributed by atoms with van der Waals surface area (Å²) < 4.78 is 3.39. The Labute approximate surface area is 173 Å². The summed E-state index contributed by atoms with van der Waals surface area (Å²) in [4.78, 5) is 28.3. The summed E-state index contributed by atoms with van der Waals surface area (Å²) in [5.74, 6) is 0.289. The summed E-state index contributed by atoms with van der Waals surface area (Å²) in [7, 11) is 1.83. The molecule has 0 atom stereocenters. The number of hydrogen-bond acceptors (Lipinski definition) is 3. The van der Waals surface area contributed by atoms with Crippen molar-refractivity contribution < 1.29 is 4.79 Å². The number of thioether (sulfide) groups is 1. The fourth-order valence-corrected chi connectivity index (χ4v) is 4.27. The number of benzene rings is 2. The van der Waals surface area contributed by atoms with Crippen molar-refractivity contribution in [2.75, 3.05) is 10.8 Å². The minimum Gasteiger partial charge on any atom is -0.291 e. The maximum absolute atomic E-state index is 13.2. The first-order valence-corrected chi connectivity index (χ1v) is 10.3. The van der Waals surface area contributed by atoms with E-state index in [2.05, 4.69) is 0 Å². The standard InChI is InChI=1S/C23H21N3O2S/c1-17-21(23(28)26(24(17)2)19-13-7-4-8-14-19)25-16-29-20(22(25)27)15-9-12-18-10-5-3-6-11-18/h3-15H,16H2,1-2H3/b12-9+,20-15-. The number of anilines is 1. The summed E-state index contributed by atoms with van der Waals surface area (Å²) in [6, 6.07) is 19.4. The molecule has 6 heteroatoms. The molecule has 0 aliphatic carbocycles. The van der Waals surface area contributed by atoms with Crippen LogP contribution in [-0.4, -0.2) is 21.1 Å². The number of amides is 1. The van der Waals surface area contributed by atoms with Crippen molar-refractivity contribution in [3.8, 4) is 5.69 Å². The van der Waals surface area contributed by atoms with Crippen molar-refractivity contribution >= 4 is 29.4 Å². The first kappa shape index (κ1) is 19.1. The predicted octanol–water partition coefficient (Wildman–Crippen LogP) is 4.12. The Hall–Kier alpha value is -3.25. The Morgan fingerprint density at radius 1 is 0.966 bits per heavy atom. The van der Waals surface area contributed by atoms with Crippen molar-refractivity contribution in [3.05, 3.63) is 99.3 Å². The number of allylic oxidation sites excluding steroid dienone is 2. The average Bonchev–Trinajstić information content (AvgIpc) is 3.20. The Bertz CT molecular complexity index is 1160. The van der Waals surface area contributed by atoms with Gasteiger partial charge in [-0.2, -0.15) is 0 Å². The van der Waals surface area contributed by atoms with Gasteiger partial charge in [0.1, 0.15) is 5.69 Å². The second-order valence-corrected chi connectivity index (χ2v) is 7.70. The van der Waals surface area contributed by atoms with Crippen molar-refractivity contribution in [1.82, 2.24) is 9.36 Å². The zero-order valence-corrected chi connectivity index (χ0v) is 17.1. The molecule has 1 aliphatic heterocycles. The van der Waals surface area contributed by atoms with E-state index in [1.54, 1.807) is 14.3 Å². The molecular formula is C23H21N3O2S. The van der Waals surface area contributed by atoms with E-state index in [-0.39, 0.29) is 11.5 Å². The van der Waals surface area contributed by atoms with Crippen LogP contribution in [0.2, 0.25) is 0 Å². The highest BCUT2D eigenvalue weighted by atomic mass is 32.2. The number of carbonyl (C=O) groups excluding carboxylic acids is 1. The third-order valence-corrected chi connectivity index (χ3v) is 5.94. The zero-order valence-electron chi connectivity index (χ0n) is 16.3. The van der Waals surface area contributed by atoms with Gasteiger partial charge in [0.05, 0.1) is 22.2 Å². The van der Waals surface area contributed by atoms with Crippen LogP contribution in [0.4, 0.5) is 5.69 Å². The van der Waals surface area contributed by atoms with Gasteiger partial charge < -0.3 is 0 Å². The largest absolute Gasteiger partial charge is 0.295 e. The Balaban J connectivity index is 1.64. The van der Waals surface area contributed by atoms with Crippen molar-refractivity contribution in [1.29, 1.82) is 0 Å². The molecule has 4 rings (SSSR count). The topological polar surface area (TPSA) is 47.2 Å². The molecule has 0 unspecified atom stereocenters. The third-order valence-electron chi connectivity index (χ3n) is 4.93. The molecular weight excluding hydrogens is 382 g/mol. The number of nitrogens with zero attached hydrogens (tertiary/aromatic N) is 3. The van der Waals surface area contributed by atoms with Crippen LogP contribution in [0.1, 0.15) is 11.3 Å². The first-order chi connectivity index (χ1) is 14.1. The van der Waals surface area contributed by atoms with E-state index in [0.717, 1.165) is 16.9 Å². The lowest BCUT2D eigenvalue weighted by atomic mass is 10.2. The Morgan fingerprint density at radius 3 is 2.31 bits per heavy atom. The van der Waals surface area contributed by atoms with Crippen LogP contribution in [0, 0.1) is 6.92 Å². The highest BCUT2D eigenvalue weighted by Crippen LogP contribution is 2.32. The third kappa shape index (κ3) is 3.59. The molecule has 1 amide bonds. The molecule has 1 aliphatic rings. The molecule has 5 nitrogen and oxygen atoms in total. The van der Waals surface area contributed by atoms with E-state index in [0.29, 0.717) is 16.5 Å². The van der Waals surface area contributed by atoms with Crippen LogP contribution in [0.25, 0.3) is 11.8 Å². The van der Waals surface area contributed by atoms with Gasteiger partial charge >= 0.3 is 0 Å². The van der Waals surface area contributed by atoms with E-state index in [4.69, 9.17) is 0 Å². The minimum atomic E-state index is -0.189. The molecule has 0 spiro atoms. The number of hydrogen-bond donors (Lipinski definition) is 0. The van der Waals surface area contributed by atoms with Gasteiger partial charge in [-0.15, -0.1) is 0 Å². The summed E-state index contributed by atoms with van der Waals surface area (Å²) >= 11 is 1.45. The highest BCUT2D eigenvalue weighted by Gasteiger charge is 2.33. The monoisotopic (exact) mass is 403 g/mol. The summed E-state index contributed by atoms with van der Waals surface area (Å²) in [6.07, 6.45) is 5.65. The van der Waals surface area contributed by atoms with Crippen molar-refractivity contribution in [3.63, 3.8) is 0 Å². The lowest BCUT2D eigenvalue weighted by Gasteiger charge is -2.12. The van der Waals surface area contributed by atoms with Gasteiger partial charge in [-0.25, -0.2) is 4.68 Å². The molecule has 2 aromatic carbocycles. The smallest absolute Gasteiger partial charge is 0.291 e. The van der Waals surface area contributed by atoms with Crippen LogP contribution in [0.15, 0.2) is 82.5 Å². The molecule has 1 fully saturated rings. The number of aromatic nitrogens is 2. The maximum Gasteiger partial charge on any atom is 0.295 e. The quantitative estimate of drug-likeness (QED) is 0.616. The minimum absolute atomic E-state index is 0.140. The van der Waals surface area contributed by atoms with E-state index in [9.17, 15) is 9.59 Å². The van der Waals surface area contributed by atoms with Crippen LogP contribution >= 0.6 is 11.8 Å². The van der Waals surface area contributed by atoms with Gasteiger partial charge in [0.25, 0.3) is 11.5 Å². The van der Waals surface area contributed by atoms with E-state index in [1.165, 1.54) is 11.8 Å². The summed E-state index contributed by atoms with van der Waals surface area (Å²) in [5.41, 5.74) is 2.85. The van der Waals surface area contributed by atoms with Crippen LogP contribution in [0.5, 0.6) is 0 Å². The molecule has 0 saturated carbocycles. The van der Waals surface area contributed by atoms with Crippen molar-refractivity contribution in [2.45, 2.75) is 6.92 Å². The average molecular weight is 404 g/mol. The predicted molar refractivity (Wildman–Crippen MR) is 119 cm³/mol. The lowest BCUT2D eigenvalue weighted by Crippen LogP contribution is -2.30. The normalized spacial score (nSPS) is 15.7. The van der Waals surface area contributed by atoms with Crippen LogP contribution < -0.4 is 10.5 Å². The number of carbonyl (C=O) groups is 1. The maximum atomic E-state index is 13.2. The van der Waals surface area contributed by atoms with Gasteiger partial charge in [0.15, 0.2) is 0 Å². The fraction of sp³-hybridized carbons (Fsp3) is 0.130. The van der Waals surface area contributed by atoms with Gasteiger partial charge in [0.2, 0.25) is 0 Å². The molecule has 0 radical (unpaired) electrons. The molecule has 0 bridgehead atoms. The van der Waals surface area contributed by atoms with Crippen molar-refractivity contribution in [2.24, 2.45) is 7.05 Å². The van der Waals surface area contributed by atoms with E-state index >= 15 is 0 Å². The first-order valence-electron chi connectivity index (χ1n) is 9.30. The van der Waals surface area contributed by atoms with Crippen LogP contribution in [0.3, 0.4) is 0 Å². The molecule has 2 heterocycles. The Morgan fingerprint density at radius 2 is 1.62 bits per heavy atom. The van der Waals surface area contributed by atoms with Gasteiger partial charge in [0, 0.05) is 7.05 Å². The molecule has 146 valence electrons. The molecule has 1 saturated heterocycles. The zero-order chi connectivity index (χ0) is 20.4. The molecule has 3 aromatic rings. The van der Waals surface area contributed by atoms with Gasteiger partial charge in [-0.1, -0.05) is 72.4 Å². The second-order valence-electron chi connectivity index (χ2n) is 6.72. The SMILES string of the molecule is Cc1c(N2CS/C(=C\C=C\c3ccccc3)C2=O)c(=O)n(-c2ccccc2)n1C. The molecule has 0 N–H and O–H groups in total. The van der Waals surface area contributed by atoms with Crippen LogP contribution in [-0.2, 0) is 11.8 Å². The second kappa shape index (κ2) is 8.01. The van der Waals surface area contributed by atoms with E-state index < -0.39 is 0 Å². The van der Waals surface area contributed by atoms with E-state index in [1.807, 2.05) is 92.9 Å². The summed E-state index contributed by atoms with van der Waals surface area (Å²) in [5, 5.41) is 0.